The maximum absolute atomic E-state index is 2.00. The number of rotatable bonds is 0. The molecule has 0 aliphatic carbocycles. The quantitative estimate of drug-likeness (QED) is 0.375. The van der Waals surface area contributed by atoms with Gasteiger partial charge in [-0.05, 0) is 13.8 Å². The standard InChI is InChI=1S/C4H8.Pd/c1-3-4-2;/h3-4H,1-2H3;. The van der Waals surface area contributed by atoms with Gasteiger partial charge in [0.25, 0.3) is 0 Å². The van der Waals surface area contributed by atoms with E-state index >= 15 is 0 Å². The molecule has 0 aromatic carbocycles. The number of hydrogen-bond acceptors (Lipinski definition) is 0. The molecular weight excluding hydrogens is 154 g/mol. The van der Waals surface area contributed by atoms with Crippen LogP contribution in [0.2, 0.25) is 0 Å². The largest absolute Gasteiger partial charge is 0.0919 e. The maximum Gasteiger partial charge on any atom is 0 e. The zero-order chi connectivity index (χ0) is 3.41. The van der Waals surface area contributed by atoms with Gasteiger partial charge in [-0.2, -0.15) is 0 Å². The molecule has 0 aromatic heterocycles. The van der Waals surface area contributed by atoms with Crippen molar-refractivity contribution in [2.24, 2.45) is 0 Å². The van der Waals surface area contributed by atoms with Gasteiger partial charge >= 0.3 is 0 Å². The fraction of sp³-hybridized carbons (Fsp3) is 0.500. The van der Waals surface area contributed by atoms with Crippen molar-refractivity contribution in [2.75, 3.05) is 0 Å². The molecule has 0 amide bonds. The van der Waals surface area contributed by atoms with Crippen LogP contribution in [-0.4, -0.2) is 0 Å². The molecule has 0 saturated heterocycles. The number of allylic oxidation sites excluding steroid dienone is 2. The van der Waals surface area contributed by atoms with E-state index in [1.807, 2.05) is 26.0 Å². The average Bonchev–Trinajstić information content (AvgIpc) is 1.37. The first-order chi connectivity index (χ1) is 1.91. The first kappa shape index (κ1) is 9.04. The molecule has 0 nitrogen and oxygen atoms in total. The van der Waals surface area contributed by atoms with Crippen LogP contribution < -0.4 is 0 Å². The summed E-state index contributed by atoms with van der Waals surface area (Å²) in [5.41, 5.74) is 0. The van der Waals surface area contributed by atoms with Crippen LogP contribution >= 0.6 is 0 Å². The molecule has 0 aliphatic rings. The second kappa shape index (κ2) is 8.83. The van der Waals surface area contributed by atoms with Crippen molar-refractivity contribution in [1.82, 2.24) is 0 Å². The predicted octanol–water partition coefficient (Wildman–Crippen LogP) is 1.58. The molecule has 0 spiro atoms. The zero-order valence-electron chi connectivity index (χ0n) is 3.47. The molecular formula is C4H8Pd. The summed E-state index contributed by atoms with van der Waals surface area (Å²) in [6.07, 6.45) is 4.00. The predicted molar refractivity (Wildman–Crippen MR) is 20.5 cm³/mol. The molecule has 0 radical (unpaired) electrons. The van der Waals surface area contributed by atoms with Crippen molar-refractivity contribution in [3.05, 3.63) is 12.2 Å². The fourth-order valence-corrected chi connectivity index (χ4v) is 0. The van der Waals surface area contributed by atoms with Crippen LogP contribution in [0.15, 0.2) is 12.2 Å². The summed E-state index contributed by atoms with van der Waals surface area (Å²) in [4.78, 5) is 0. The summed E-state index contributed by atoms with van der Waals surface area (Å²) in [5, 5.41) is 0. The Bertz CT molecular complexity index is 18.8. The van der Waals surface area contributed by atoms with Gasteiger partial charge in [0.15, 0.2) is 0 Å². The van der Waals surface area contributed by atoms with Crippen LogP contribution in [0.3, 0.4) is 0 Å². The minimum atomic E-state index is 0. The summed E-state index contributed by atoms with van der Waals surface area (Å²) in [6, 6.07) is 0. The van der Waals surface area contributed by atoms with Crippen molar-refractivity contribution >= 4 is 0 Å². The Morgan fingerprint density at radius 1 is 1.00 bits per heavy atom. The van der Waals surface area contributed by atoms with Crippen LogP contribution in [-0.2, 0) is 20.4 Å². The van der Waals surface area contributed by atoms with Gasteiger partial charge in [-0.1, -0.05) is 12.2 Å². The van der Waals surface area contributed by atoms with Crippen molar-refractivity contribution in [2.45, 2.75) is 13.8 Å². The van der Waals surface area contributed by atoms with Crippen LogP contribution in [0.5, 0.6) is 0 Å². The Balaban J connectivity index is 0. The topological polar surface area (TPSA) is 0 Å². The Morgan fingerprint density at radius 2 is 1.20 bits per heavy atom. The molecule has 0 heterocycles. The maximum atomic E-state index is 2.00. The molecule has 34 valence electrons. The van der Waals surface area contributed by atoms with E-state index in [-0.39, 0.29) is 20.4 Å². The van der Waals surface area contributed by atoms with Crippen LogP contribution in [0.1, 0.15) is 13.8 Å². The zero-order valence-corrected chi connectivity index (χ0v) is 5.03. The Morgan fingerprint density at radius 3 is 1.20 bits per heavy atom. The monoisotopic (exact) mass is 162 g/mol. The molecule has 0 fully saturated rings. The molecule has 0 N–H and O–H groups in total. The molecule has 0 aromatic rings. The van der Waals surface area contributed by atoms with Crippen molar-refractivity contribution < 1.29 is 20.4 Å². The smallest absolute Gasteiger partial charge is 0 e. The van der Waals surface area contributed by atoms with Gasteiger partial charge in [0.2, 0.25) is 0 Å². The van der Waals surface area contributed by atoms with Gasteiger partial charge < -0.3 is 0 Å². The third-order valence-corrected chi connectivity index (χ3v) is 0.333. The molecule has 0 saturated carbocycles. The van der Waals surface area contributed by atoms with E-state index in [2.05, 4.69) is 0 Å². The number of hydrogen-bond donors (Lipinski definition) is 0. The van der Waals surface area contributed by atoms with Crippen molar-refractivity contribution in [1.29, 1.82) is 0 Å². The Hall–Kier alpha value is 0.402. The second-order valence-corrected chi connectivity index (χ2v) is 0.667. The van der Waals surface area contributed by atoms with Gasteiger partial charge in [0.05, 0.1) is 0 Å². The van der Waals surface area contributed by atoms with Gasteiger partial charge in [-0.3, -0.25) is 0 Å². The fourth-order valence-electron chi connectivity index (χ4n) is 0. The molecule has 1 heteroatoms. The summed E-state index contributed by atoms with van der Waals surface area (Å²) in [7, 11) is 0. The van der Waals surface area contributed by atoms with Crippen LogP contribution in [0.4, 0.5) is 0 Å². The average molecular weight is 163 g/mol. The van der Waals surface area contributed by atoms with Crippen molar-refractivity contribution in [3.8, 4) is 0 Å². The van der Waals surface area contributed by atoms with E-state index < -0.39 is 0 Å². The molecule has 0 bridgehead atoms. The second-order valence-electron chi connectivity index (χ2n) is 0.667. The summed E-state index contributed by atoms with van der Waals surface area (Å²) < 4.78 is 0. The summed E-state index contributed by atoms with van der Waals surface area (Å²) in [6.45, 7) is 4.00. The first-order valence-electron chi connectivity index (χ1n) is 1.49. The normalized spacial score (nSPS) is 7.60. The summed E-state index contributed by atoms with van der Waals surface area (Å²) >= 11 is 0. The van der Waals surface area contributed by atoms with E-state index in [1.54, 1.807) is 0 Å². The van der Waals surface area contributed by atoms with E-state index in [1.165, 1.54) is 0 Å². The van der Waals surface area contributed by atoms with E-state index in [9.17, 15) is 0 Å². The van der Waals surface area contributed by atoms with Gasteiger partial charge in [0, 0.05) is 20.4 Å². The van der Waals surface area contributed by atoms with Gasteiger partial charge in [-0.25, -0.2) is 0 Å². The van der Waals surface area contributed by atoms with E-state index in [0.29, 0.717) is 0 Å². The summed E-state index contributed by atoms with van der Waals surface area (Å²) in [5.74, 6) is 0. The molecule has 0 rings (SSSR count). The molecule has 0 atom stereocenters. The van der Waals surface area contributed by atoms with Crippen molar-refractivity contribution in [3.63, 3.8) is 0 Å². The molecule has 5 heavy (non-hydrogen) atoms. The third kappa shape index (κ3) is 12.9. The van der Waals surface area contributed by atoms with E-state index in [4.69, 9.17) is 0 Å². The Labute approximate surface area is 46.9 Å². The van der Waals surface area contributed by atoms with Crippen LogP contribution in [0, 0.1) is 0 Å². The molecule has 0 unspecified atom stereocenters. The molecule has 0 aliphatic heterocycles. The Kier molecular flexibility index (Phi) is 16.0. The minimum absolute atomic E-state index is 0. The van der Waals surface area contributed by atoms with Gasteiger partial charge in [0.1, 0.15) is 0 Å². The van der Waals surface area contributed by atoms with E-state index in [0.717, 1.165) is 0 Å². The first-order valence-corrected chi connectivity index (χ1v) is 1.49. The van der Waals surface area contributed by atoms with Gasteiger partial charge in [-0.15, -0.1) is 0 Å². The third-order valence-electron chi connectivity index (χ3n) is 0.333. The SMILES string of the molecule is CC=CC.[Pd]. The van der Waals surface area contributed by atoms with Crippen LogP contribution in [0.25, 0.3) is 0 Å². The minimum Gasteiger partial charge on any atom is -0.0919 e.